The summed E-state index contributed by atoms with van der Waals surface area (Å²) in [5.74, 6) is -0.409. The van der Waals surface area contributed by atoms with Crippen LogP contribution in [0.2, 0.25) is 0 Å². The molecule has 1 fully saturated rings. The van der Waals surface area contributed by atoms with Crippen LogP contribution in [0.3, 0.4) is 0 Å². The molecule has 1 aromatic rings. The van der Waals surface area contributed by atoms with Crippen LogP contribution in [0, 0.1) is 5.82 Å². The summed E-state index contributed by atoms with van der Waals surface area (Å²) in [6.07, 6.45) is 1.95. The van der Waals surface area contributed by atoms with Crippen molar-refractivity contribution in [1.82, 2.24) is 4.31 Å². The monoisotopic (exact) mass is 376 g/mol. The van der Waals surface area contributed by atoms with E-state index in [9.17, 15) is 17.6 Å². The summed E-state index contributed by atoms with van der Waals surface area (Å²) in [7, 11) is -3.27. The molecule has 0 unspecified atom stereocenters. The lowest BCUT2D eigenvalue weighted by atomic mass is 9.74. The van der Waals surface area contributed by atoms with Gasteiger partial charge in [0.15, 0.2) is 0 Å². The summed E-state index contributed by atoms with van der Waals surface area (Å²) >= 11 is 0. The number of anilines is 1. The van der Waals surface area contributed by atoms with Gasteiger partial charge in [-0.05, 0) is 50.5 Å². The average Bonchev–Trinajstić information content (AvgIpc) is 2.68. The second-order valence-corrected chi connectivity index (χ2v) is 8.66. The minimum atomic E-state index is -3.27. The van der Waals surface area contributed by atoms with Gasteiger partial charge in [-0.1, -0.05) is 0 Å². The third-order valence-corrected chi connectivity index (χ3v) is 6.23. The van der Waals surface area contributed by atoms with Gasteiger partial charge in [0.25, 0.3) is 0 Å². The first-order chi connectivity index (χ1) is 10.7. The Morgan fingerprint density at radius 1 is 1.21 bits per heavy atom. The molecule has 0 aromatic heterocycles. The molecule has 0 bridgehead atoms. The molecule has 1 aromatic carbocycles. The fourth-order valence-electron chi connectivity index (χ4n) is 3.75. The van der Waals surface area contributed by atoms with E-state index in [0.29, 0.717) is 18.4 Å². The summed E-state index contributed by atoms with van der Waals surface area (Å²) in [5.41, 5.74) is 0.645. The summed E-state index contributed by atoms with van der Waals surface area (Å²) in [4.78, 5) is 14.8. The van der Waals surface area contributed by atoms with Crippen molar-refractivity contribution < 1.29 is 17.6 Å². The van der Waals surface area contributed by atoms with Gasteiger partial charge < -0.3 is 4.90 Å². The molecular weight excluding hydrogens is 355 g/mol. The van der Waals surface area contributed by atoms with Gasteiger partial charge >= 0.3 is 0 Å². The largest absolute Gasteiger partial charge is 0.309 e. The van der Waals surface area contributed by atoms with Crippen molar-refractivity contribution in [2.45, 2.75) is 38.1 Å². The maximum Gasteiger partial charge on any atom is 0.238 e. The number of hydrogen-bond acceptors (Lipinski definition) is 3. The Labute approximate surface area is 148 Å². The van der Waals surface area contributed by atoms with Gasteiger partial charge in [0, 0.05) is 24.8 Å². The van der Waals surface area contributed by atoms with Gasteiger partial charge in [0.1, 0.15) is 5.82 Å². The second kappa shape index (κ2) is 6.28. The Bertz CT molecular complexity index is 759. The van der Waals surface area contributed by atoms with Crippen LogP contribution in [-0.4, -0.2) is 44.0 Å². The molecule has 0 aliphatic carbocycles. The maximum absolute atomic E-state index is 13.8. The summed E-state index contributed by atoms with van der Waals surface area (Å²) < 4.78 is 38.6. The Balaban J connectivity index is 0.00000208. The lowest BCUT2D eigenvalue weighted by Crippen LogP contribution is -2.50. The molecule has 0 radical (unpaired) electrons. The number of benzene rings is 1. The first kappa shape index (κ1) is 19.1. The van der Waals surface area contributed by atoms with Crippen molar-refractivity contribution in [3.8, 4) is 0 Å². The molecule has 1 spiro atoms. The van der Waals surface area contributed by atoms with E-state index in [1.54, 1.807) is 11.0 Å². The molecule has 5 nitrogen and oxygen atoms in total. The van der Waals surface area contributed by atoms with Gasteiger partial charge in [-0.2, -0.15) is 0 Å². The number of rotatable bonds is 2. The van der Waals surface area contributed by atoms with Crippen molar-refractivity contribution in [2.75, 3.05) is 24.2 Å². The highest BCUT2D eigenvalue weighted by atomic mass is 35.5. The smallest absolute Gasteiger partial charge is 0.238 e. The van der Waals surface area contributed by atoms with Crippen LogP contribution in [0.15, 0.2) is 18.2 Å². The number of sulfonamides is 1. The van der Waals surface area contributed by atoms with Crippen molar-refractivity contribution in [3.63, 3.8) is 0 Å². The summed E-state index contributed by atoms with van der Waals surface area (Å²) in [5, 5.41) is 0. The van der Waals surface area contributed by atoms with E-state index in [4.69, 9.17) is 0 Å². The first-order valence-corrected chi connectivity index (χ1v) is 9.60. The highest BCUT2D eigenvalue weighted by Crippen LogP contribution is 2.49. The number of nitrogens with zero attached hydrogens (tertiary/aromatic N) is 2. The molecule has 2 aliphatic heterocycles. The summed E-state index contributed by atoms with van der Waals surface area (Å²) in [6.45, 7) is 4.42. The first-order valence-electron chi connectivity index (χ1n) is 7.75. The number of fused-ring (bicyclic) bond motifs is 2. The van der Waals surface area contributed by atoms with Gasteiger partial charge in [-0.25, -0.2) is 17.1 Å². The SMILES string of the molecule is CC(C)N1C(=O)C2(CCN(S(C)(=O)=O)CC2)c2cc(F)ccc21.Cl. The molecule has 134 valence electrons. The van der Waals surface area contributed by atoms with Gasteiger partial charge in [-0.15, -0.1) is 12.4 Å². The van der Waals surface area contributed by atoms with E-state index < -0.39 is 15.4 Å². The van der Waals surface area contributed by atoms with Crippen molar-refractivity contribution in [3.05, 3.63) is 29.6 Å². The van der Waals surface area contributed by atoms with Crippen molar-refractivity contribution in [2.24, 2.45) is 0 Å². The Morgan fingerprint density at radius 2 is 1.79 bits per heavy atom. The van der Waals surface area contributed by atoms with E-state index in [2.05, 4.69) is 0 Å². The van der Waals surface area contributed by atoms with Crippen LogP contribution < -0.4 is 4.90 Å². The predicted octanol–water partition coefficient (Wildman–Crippen LogP) is 2.30. The zero-order valence-electron chi connectivity index (χ0n) is 14.0. The fraction of sp³-hybridized carbons (Fsp3) is 0.562. The number of amides is 1. The molecule has 0 N–H and O–H groups in total. The quantitative estimate of drug-likeness (QED) is 0.795. The fourth-order valence-corrected chi connectivity index (χ4v) is 4.60. The number of halogens is 2. The van der Waals surface area contributed by atoms with Gasteiger partial charge in [0.05, 0.1) is 11.7 Å². The van der Waals surface area contributed by atoms with E-state index >= 15 is 0 Å². The van der Waals surface area contributed by atoms with E-state index in [1.807, 2.05) is 13.8 Å². The Kier molecular flexibility index (Phi) is 5.01. The van der Waals surface area contributed by atoms with Crippen molar-refractivity contribution in [1.29, 1.82) is 0 Å². The molecule has 2 heterocycles. The normalized spacial score (nSPS) is 20.4. The third-order valence-electron chi connectivity index (χ3n) is 4.92. The average molecular weight is 377 g/mol. The van der Waals surface area contributed by atoms with Gasteiger partial charge in [0.2, 0.25) is 15.9 Å². The van der Waals surface area contributed by atoms with Gasteiger partial charge in [-0.3, -0.25) is 4.79 Å². The molecule has 3 rings (SSSR count). The molecule has 0 saturated carbocycles. The molecule has 2 aliphatic rings. The molecule has 1 amide bonds. The lowest BCUT2D eigenvalue weighted by Gasteiger charge is -2.37. The van der Waals surface area contributed by atoms with Crippen LogP contribution in [0.5, 0.6) is 0 Å². The molecular formula is C16H22ClFN2O3S. The summed E-state index contributed by atoms with van der Waals surface area (Å²) in [6, 6.07) is 4.43. The third kappa shape index (κ3) is 2.82. The Morgan fingerprint density at radius 3 is 2.29 bits per heavy atom. The maximum atomic E-state index is 13.8. The highest BCUT2D eigenvalue weighted by Gasteiger charge is 2.53. The minimum absolute atomic E-state index is 0. The van der Waals surface area contributed by atoms with Crippen LogP contribution in [0.25, 0.3) is 0 Å². The molecule has 24 heavy (non-hydrogen) atoms. The van der Waals surface area contributed by atoms with Crippen LogP contribution >= 0.6 is 12.4 Å². The number of carbonyl (C=O) groups is 1. The van der Waals surface area contributed by atoms with E-state index in [-0.39, 0.29) is 43.3 Å². The number of carbonyl (C=O) groups excluding carboxylic acids is 1. The van der Waals surface area contributed by atoms with E-state index in [1.165, 1.54) is 22.7 Å². The highest BCUT2D eigenvalue weighted by molar-refractivity contribution is 7.88. The molecule has 8 heteroatoms. The minimum Gasteiger partial charge on any atom is -0.309 e. The standard InChI is InChI=1S/C16H21FN2O3S.ClH/c1-11(2)19-14-5-4-12(17)10-13(14)16(15(19)20)6-8-18(9-7-16)23(3,21)22;/h4-5,10-11H,6-9H2,1-3H3;1H. The number of hydrogen-bond donors (Lipinski definition) is 0. The zero-order chi connectivity index (χ0) is 17.0. The zero-order valence-corrected chi connectivity index (χ0v) is 15.6. The second-order valence-electron chi connectivity index (χ2n) is 6.67. The Hall–Kier alpha value is -1.18. The van der Waals surface area contributed by atoms with Crippen LogP contribution in [-0.2, 0) is 20.2 Å². The topological polar surface area (TPSA) is 57.7 Å². The number of piperidine rings is 1. The molecule has 0 atom stereocenters. The molecule has 1 saturated heterocycles. The van der Waals surface area contributed by atoms with Crippen LogP contribution in [0.1, 0.15) is 32.3 Å². The lowest BCUT2D eigenvalue weighted by molar-refractivity contribution is -0.124. The van der Waals surface area contributed by atoms with Crippen LogP contribution in [0.4, 0.5) is 10.1 Å². The van der Waals surface area contributed by atoms with Crippen molar-refractivity contribution >= 4 is 34.0 Å². The van der Waals surface area contributed by atoms with E-state index in [0.717, 1.165) is 5.69 Å². The predicted molar refractivity (Wildman–Crippen MR) is 93.6 cm³/mol.